The van der Waals surface area contributed by atoms with E-state index in [1.807, 2.05) is 0 Å². The summed E-state index contributed by atoms with van der Waals surface area (Å²) < 4.78 is 11.5. The molecule has 3 aromatic rings. The summed E-state index contributed by atoms with van der Waals surface area (Å²) in [6.07, 6.45) is 0. The molecule has 0 unspecified atom stereocenters. The van der Waals surface area contributed by atoms with Gasteiger partial charge in [0.15, 0.2) is 0 Å². The molecule has 5 heteroatoms. The van der Waals surface area contributed by atoms with Gasteiger partial charge in [-0.15, -0.1) is 12.4 Å². The number of hydrogen-bond donors (Lipinski definition) is 1. The molecule has 4 rings (SSSR count). The van der Waals surface area contributed by atoms with Gasteiger partial charge in [-0.1, -0.05) is 54.1 Å². The molecule has 0 aromatic heterocycles. The number of methoxy groups -OCH3 is 1. The number of hydrogen-bond acceptors (Lipinski definition) is 4. The van der Waals surface area contributed by atoms with Crippen LogP contribution in [0.25, 0.3) is 21.9 Å². The van der Waals surface area contributed by atoms with Crippen molar-refractivity contribution in [2.75, 3.05) is 33.4 Å². The zero-order valence-electron chi connectivity index (χ0n) is 16.2. The maximum absolute atomic E-state index is 6.27. The van der Waals surface area contributed by atoms with Crippen LogP contribution in [0.2, 0.25) is 0 Å². The highest BCUT2D eigenvalue weighted by atomic mass is 35.5. The molecule has 1 heterocycles. The molecule has 0 aliphatic carbocycles. The molecule has 28 heavy (non-hydrogen) atoms. The molecule has 0 spiro atoms. The second kappa shape index (κ2) is 9.09. The van der Waals surface area contributed by atoms with Gasteiger partial charge in [0.25, 0.3) is 0 Å². The van der Waals surface area contributed by atoms with Gasteiger partial charge in [0, 0.05) is 19.2 Å². The van der Waals surface area contributed by atoms with Gasteiger partial charge in [0.05, 0.1) is 18.7 Å². The van der Waals surface area contributed by atoms with Crippen molar-refractivity contribution < 1.29 is 9.47 Å². The van der Waals surface area contributed by atoms with E-state index in [0.717, 1.165) is 41.4 Å². The predicted molar refractivity (Wildman–Crippen MR) is 118 cm³/mol. The highest BCUT2D eigenvalue weighted by Crippen LogP contribution is 2.40. The van der Waals surface area contributed by atoms with Gasteiger partial charge in [-0.2, -0.15) is 0 Å². The normalized spacial score (nSPS) is 13.0. The van der Waals surface area contributed by atoms with E-state index in [9.17, 15) is 0 Å². The number of ether oxygens (including phenoxy) is 2. The van der Waals surface area contributed by atoms with Crippen LogP contribution in [0.4, 0.5) is 0 Å². The van der Waals surface area contributed by atoms with Crippen molar-refractivity contribution in [3.05, 3.63) is 65.7 Å². The fraction of sp³-hybridized carbons (Fsp3) is 0.261. The van der Waals surface area contributed by atoms with Crippen molar-refractivity contribution in [3.63, 3.8) is 0 Å². The van der Waals surface area contributed by atoms with E-state index in [-0.39, 0.29) is 12.4 Å². The molecule has 0 saturated carbocycles. The Morgan fingerprint density at radius 1 is 1.04 bits per heavy atom. The molecule has 4 nitrogen and oxygen atoms in total. The molecular formula is C23H25ClN2O2. The lowest BCUT2D eigenvalue weighted by atomic mass is 9.93. The van der Waals surface area contributed by atoms with Crippen LogP contribution in [0, 0.1) is 6.92 Å². The third kappa shape index (κ3) is 3.98. The van der Waals surface area contributed by atoms with E-state index >= 15 is 0 Å². The number of aryl methyl sites for hydroxylation is 1. The molecule has 146 valence electrons. The average molecular weight is 397 g/mol. The minimum Gasteiger partial charge on any atom is -0.490 e. The Balaban J connectivity index is 0.00000225. The Morgan fingerprint density at radius 3 is 2.54 bits per heavy atom. The van der Waals surface area contributed by atoms with E-state index in [4.69, 9.17) is 9.47 Å². The molecule has 1 aliphatic heterocycles. The van der Waals surface area contributed by atoms with E-state index in [1.165, 1.54) is 16.3 Å². The van der Waals surface area contributed by atoms with Crippen LogP contribution in [0.3, 0.4) is 0 Å². The van der Waals surface area contributed by atoms with E-state index in [2.05, 4.69) is 71.8 Å². The first-order valence-electron chi connectivity index (χ1n) is 9.31. The molecule has 0 fully saturated rings. The molecule has 1 N–H and O–H groups in total. The number of rotatable bonds is 6. The summed E-state index contributed by atoms with van der Waals surface area (Å²) >= 11 is 0. The summed E-state index contributed by atoms with van der Waals surface area (Å²) in [6.45, 7) is 4.79. The van der Waals surface area contributed by atoms with Crippen molar-refractivity contribution in [2.45, 2.75) is 6.92 Å². The molecule has 3 aromatic carbocycles. The monoisotopic (exact) mass is 396 g/mol. The Labute approximate surface area is 172 Å². The average Bonchev–Trinajstić information content (AvgIpc) is 3.23. The zero-order chi connectivity index (χ0) is 18.6. The Kier molecular flexibility index (Phi) is 6.55. The van der Waals surface area contributed by atoms with Crippen LogP contribution >= 0.6 is 12.4 Å². The summed E-state index contributed by atoms with van der Waals surface area (Å²) in [7, 11) is 1.69. The predicted octanol–water partition coefficient (Wildman–Crippen LogP) is 4.61. The van der Waals surface area contributed by atoms with Crippen LogP contribution in [0.5, 0.6) is 5.75 Å². The van der Waals surface area contributed by atoms with Gasteiger partial charge < -0.3 is 14.8 Å². The largest absolute Gasteiger partial charge is 0.490 e. The highest BCUT2D eigenvalue weighted by Gasteiger charge is 2.21. The quantitative estimate of drug-likeness (QED) is 0.618. The Morgan fingerprint density at radius 2 is 1.82 bits per heavy atom. The van der Waals surface area contributed by atoms with Crippen molar-refractivity contribution in [2.24, 2.45) is 4.99 Å². The van der Waals surface area contributed by atoms with Crippen molar-refractivity contribution in [1.29, 1.82) is 0 Å². The van der Waals surface area contributed by atoms with E-state index in [0.29, 0.717) is 13.2 Å². The molecular weight excluding hydrogens is 372 g/mol. The topological polar surface area (TPSA) is 42.9 Å². The van der Waals surface area contributed by atoms with E-state index < -0.39 is 0 Å². The standard InChI is InChI=1S/C23H24N2O2.ClH/c1-16-7-9-17(10-8-16)21-19-6-4-3-5-18(19)15-20(23-24-11-12-25-23)22(21)27-14-13-26-2;/h3-10,15H,11-14H2,1-2H3,(H,24,25);1H. The minimum atomic E-state index is 0. The third-order valence-electron chi connectivity index (χ3n) is 4.81. The molecule has 0 bridgehead atoms. The molecule has 0 radical (unpaired) electrons. The Bertz CT molecular complexity index is 984. The lowest BCUT2D eigenvalue weighted by molar-refractivity contribution is 0.146. The smallest absolute Gasteiger partial charge is 0.138 e. The molecule has 0 amide bonds. The van der Waals surface area contributed by atoms with Crippen LogP contribution in [-0.4, -0.2) is 39.2 Å². The minimum absolute atomic E-state index is 0. The van der Waals surface area contributed by atoms with Crippen molar-refractivity contribution >= 4 is 29.0 Å². The number of nitrogens with one attached hydrogen (secondary N) is 1. The number of nitrogens with zero attached hydrogens (tertiary/aromatic N) is 1. The number of benzene rings is 3. The summed E-state index contributed by atoms with van der Waals surface area (Å²) in [5, 5.41) is 5.75. The van der Waals surface area contributed by atoms with Crippen LogP contribution < -0.4 is 10.1 Å². The summed E-state index contributed by atoms with van der Waals surface area (Å²) in [5.74, 6) is 1.77. The maximum atomic E-state index is 6.27. The maximum Gasteiger partial charge on any atom is 0.138 e. The number of fused-ring (bicyclic) bond motifs is 1. The number of halogens is 1. The molecule has 1 aliphatic rings. The van der Waals surface area contributed by atoms with Crippen LogP contribution in [-0.2, 0) is 4.74 Å². The first kappa shape index (κ1) is 20.2. The van der Waals surface area contributed by atoms with Crippen LogP contribution in [0.1, 0.15) is 11.1 Å². The fourth-order valence-corrected chi connectivity index (χ4v) is 3.47. The van der Waals surface area contributed by atoms with Crippen molar-refractivity contribution in [3.8, 4) is 16.9 Å². The van der Waals surface area contributed by atoms with E-state index in [1.54, 1.807) is 7.11 Å². The Hall–Kier alpha value is -2.56. The first-order chi connectivity index (χ1) is 13.3. The second-order valence-electron chi connectivity index (χ2n) is 6.71. The van der Waals surface area contributed by atoms with Gasteiger partial charge in [0.2, 0.25) is 0 Å². The lowest BCUT2D eigenvalue weighted by Gasteiger charge is -2.19. The van der Waals surface area contributed by atoms with Crippen molar-refractivity contribution in [1.82, 2.24) is 5.32 Å². The third-order valence-corrected chi connectivity index (χ3v) is 4.81. The van der Waals surface area contributed by atoms with Gasteiger partial charge in [-0.3, -0.25) is 4.99 Å². The second-order valence-corrected chi connectivity index (χ2v) is 6.71. The first-order valence-corrected chi connectivity index (χ1v) is 9.31. The summed E-state index contributed by atoms with van der Waals surface area (Å²) in [5.41, 5.74) is 4.50. The van der Waals surface area contributed by atoms with Gasteiger partial charge in [-0.05, 0) is 29.3 Å². The number of aliphatic imine (C=N–C) groups is 1. The lowest BCUT2D eigenvalue weighted by Crippen LogP contribution is -2.21. The SMILES string of the molecule is COCCOc1c(C2=NCCN2)cc2ccccc2c1-c1ccc(C)cc1.Cl. The van der Waals surface area contributed by atoms with Gasteiger partial charge in [-0.25, -0.2) is 0 Å². The van der Waals surface area contributed by atoms with Gasteiger partial charge >= 0.3 is 0 Å². The summed E-state index contributed by atoms with van der Waals surface area (Å²) in [4.78, 5) is 4.64. The molecule has 0 atom stereocenters. The summed E-state index contributed by atoms with van der Waals surface area (Å²) in [6, 6.07) is 19.2. The highest BCUT2D eigenvalue weighted by molar-refractivity contribution is 6.11. The number of amidine groups is 1. The fourth-order valence-electron chi connectivity index (χ4n) is 3.47. The zero-order valence-corrected chi connectivity index (χ0v) is 17.0. The van der Waals surface area contributed by atoms with Gasteiger partial charge in [0.1, 0.15) is 18.2 Å². The molecule has 0 saturated heterocycles. The van der Waals surface area contributed by atoms with Crippen LogP contribution in [0.15, 0.2) is 59.6 Å².